The summed E-state index contributed by atoms with van der Waals surface area (Å²) in [6, 6.07) is 5.87. The fourth-order valence-corrected chi connectivity index (χ4v) is 4.48. The van der Waals surface area contributed by atoms with E-state index in [0.29, 0.717) is 12.1 Å². The molecule has 0 unspecified atom stereocenters. The van der Waals surface area contributed by atoms with Gasteiger partial charge in [0.2, 0.25) is 10.0 Å². The molecule has 10 heteroatoms. The molecule has 0 bridgehead atoms. The molecular formula is C18H16F4N2O3S. The van der Waals surface area contributed by atoms with Crippen LogP contribution >= 0.6 is 0 Å². The molecule has 0 spiro atoms. The summed E-state index contributed by atoms with van der Waals surface area (Å²) in [5.41, 5.74) is 0.264. The second kappa shape index (κ2) is 7.88. The Hall–Kier alpha value is -2.46. The molecule has 150 valence electrons. The summed E-state index contributed by atoms with van der Waals surface area (Å²) in [4.78, 5) is 11.2. The van der Waals surface area contributed by atoms with E-state index in [1.54, 1.807) is 0 Å². The molecule has 2 aromatic carbocycles. The fourth-order valence-electron chi connectivity index (χ4n) is 2.96. The monoisotopic (exact) mass is 416 g/mol. The van der Waals surface area contributed by atoms with Crippen molar-refractivity contribution < 1.29 is 30.8 Å². The zero-order valence-corrected chi connectivity index (χ0v) is 15.3. The van der Waals surface area contributed by atoms with Crippen molar-refractivity contribution in [3.8, 4) is 0 Å². The average Bonchev–Trinajstić information content (AvgIpc) is 2.67. The third-order valence-electron chi connectivity index (χ3n) is 4.51. The van der Waals surface area contributed by atoms with Crippen molar-refractivity contribution in [3.63, 3.8) is 0 Å². The number of nitrogens with zero attached hydrogens (tertiary/aromatic N) is 1. The van der Waals surface area contributed by atoms with E-state index in [-0.39, 0.29) is 37.5 Å². The molecule has 1 aliphatic rings. The maximum absolute atomic E-state index is 13.9. The first kappa shape index (κ1) is 20.3. The minimum Gasteiger partial charge on any atom is -0.349 e. The predicted octanol–water partition coefficient (Wildman–Crippen LogP) is 2.83. The van der Waals surface area contributed by atoms with Crippen LogP contribution in [0.2, 0.25) is 0 Å². The molecular weight excluding hydrogens is 400 g/mol. The van der Waals surface area contributed by atoms with E-state index in [1.165, 1.54) is 12.1 Å². The van der Waals surface area contributed by atoms with Gasteiger partial charge in [0.1, 0.15) is 10.7 Å². The summed E-state index contributed by atoms with van der Waals surface area (Å²) in [5.74, 6) is -5.97. The summed E-state index contributed by atoms with van der Waals surface area (Å²) in [5, 5.41) is 2.73. The minimum absolute atomic E-state index is 0.0326. The van der Waals surface area contributed by atoms with E-state index in [2.05, 4.69) is 5.32 Å². The number of hydrogen-bond donors (Lipinski definition) is 1. The molecule has 1 saturated heterocycles. The Balaban J connectivity index is 1.65. The highest BCUT2D eigenvalue weighted by molar-refractivity contribution is 7.89. The zero-order valence-electron chi connectivity index (χ0n) is 14.5. The molecule has 3 rings (SSSR count). The molecule has 1 amide bonds. The van der Waals surface area contributed by atoms with Crippen molar-refractivity contribution in [2.24, 2.45) is 0 Å². The largest absolute Gasteiger partial charge is 0.349 e. The van der Waals surface area contributed by atoms with E-state index < -0.39 is 44.1 Å². The molecule has 1 aliphatic heterocycles. The fraction of sp³-hybridized carbons (Fsp3) is 0.278. The van der Waals surface area contributed by atoms with Crippen LogP contribution in [0.1, 0.15) is 23.2 Å². The van der Waals surface area contributed by atoms with Gasteiger partial charge in [-0.1, -0.05) is 0 Å². The number of carbonyl (C=O) groups is 1. The summed E-state index contributed by atoms with van der Waals surface area (Å²) in [7, 11) is -4.34. The van der Waals surface area contributed by atoms with Crippen molar-refractivity contribution in [3.05, 3.63) is 65.2 Å². The predicted molar refractivity (Wildman–Crippen MR) is 92.0 cm³/mol. The SMILES string of the molecule is O=C(NC1CCN(S(=O)(=O)c2ccc(F)c(F)c2F)CC1)c1ccc(F)cc1. The number of hydrogen-bond acceptors (Lipinski definition) is 3. The first-order chi connectivity index (χ1) is 13.2. The Morgan fingerprint density at radius 2 is 1.54 bits per heavy atom. The molecule has 0 radical (unpaired) electrons. The van der Waals surface area contributed by atoms with Crippen LogP contribution in [0.5, 0.6) is 0 Å². The van der Waals surface area contributed by atoms with Crippen LogP contribution in [0.25, 0.3) is 0 Å². The molecule has 0 atom stereocenters. The Bertz CT molecular complexity index is 989. The lowest BCUT2D eigenvalue weighted by molar-refractivity contribution is 0.0924. The van der Waals surface area contributed by atoms with E-state index >= 15 is 0 Å². The van der Waals surface area contributed by atoms with Gasteiger partial charge in [-0.3, -0.25) is 4.79 Å². The van der Waals surface area contributed by atoms with Crippen LogP contribution in [-0.4, -0.2) is 37.8 Å². The van der Waals surface area contributed by atoms with E-state index in [1.807, 2.05) is 0 Å². The number of nitrogens with one attached hydrogen (secondary N) is 1. The van der Waals surface area contributed by atoms with Crippen molar-refractivity contribution in [1.29, 1.82) is 0 Å². The highest BCUT2D eigenvalue weighted by Gasteiger charge is 2.33. The minimum atomic E-state index is -4.34. The van der Waals surface area contributed by atoms with Gasteiger partial charge in [-0.15, -0.1) is 0 Å². The summed E-state index contributed by atoms with van der Waals surface area (Å²) in [6.07, 6.45) is 0.495. The number of rotatable bonds is 4. The lowest BCUT2D eigenvalue weighted by Crippen LogP contribution is -2.46. The highest BCUT2D eigenvalue weighted by Crippen LogP contribution is 2.25. The van der Waals surface area contributed by atoms with Crippen LogP contribution in [0.15, 0.2) is 41.3 Å². The normalized spacial score (nSPS) is 16.1. The number of carbonyl (C=O) groups excluding carboxylic acids is 1. The average molecular weight is 416 g/mol. The van der Waals surface area contributed by atoms with Gasteiger partial charge in [0.25, 0.3) is 5.91 Å². The Labute approximate surface area is 159 Å². The number of benzene rings is 2. The first-order valence-electron chi connectivity index (χ1n) is 8.40. The third kappa shape index (κ3) is 4.02. The van der Waals surface area contributed by atoms with E-state index in [0.717, 1.165) is 16.4 Å². The molecule has 2 aromatic rings. The van der Waals surface area contributed by atoms with Crippen molar-refractivity contribution in [2.45, 2.75) is 23.8 Å². The third-order valence-corrected chi connectivity index (χ3v) is 6.43. The maximum Gasteiger partial charge on any atom is 0.251 e. The number of piperidine rings is 1. The van der Waals surface area contributed by atoms with Crippen LogP contribution in [-0.2, 0) is 10.0 Å². The van der Waals surface area contributed by atoms with Crippen LogP contribution in [0, 0.1) is 23.3 Å². The Morgan fingerprint density at radius 3 is 2.14 bits per heavy atom. The summed E-state index contributed by atoms with van der Waals surface area (Å²) >= 11 is 0. The maximum atomic E-state index is 13.9. The molecule has 1 heterocycles. The van der Waals surface area contributed by atoms with Gasteiger partial charge in [0.05, 0.1) is 0 Å². The smallest absolute Gasteiger partial charge is 0.251 e. The molecule has 0 saturated carbocycles. The second-order valence-electron chi connectivity index (χ2n) is 6.33. The summed E-state index contributed by atoms with van der Waals surface area (Å²) < 4.78 is 79.2. The highest BCUT2D eigenvalue weighted by atomic mass is 32.2. The molecule has 0 aromatic heterocycles. The molecule has 0 aliphatic carbocycles. The van der Waals surface area contributed by atoms with Crippen molar-refractivity contribution in [1.82, 2.24) is 9.62 Å². The first-order valence-corrected chi connectivity index (χ1v) is 9.84. The number of halogens is 4. The van der Waals surface area contributed by atoms with Crippen molar-refractivity contribution in [2.75, 3.05) is 13.1 Å². The topological polar surface area (TPSA) is 66.5 Å². The van der Waals surface area contributed by atoms with Gasteiger partial charge in [-0.05, 0) is 49.2 Å². The number of amides is 1. The zero-order chi connectivity index (χ0) is 20.5. The van der Waals surface area contributed by atoms with Gasteiger partial charge < -0.3 is 5.32 Å². The van der Waals surface area contributed by atoms with Crippen LogP contribution in [0.4, 0.5) is 17.6 Å². The van der Waals surface area contributed by atoms with Gasteiger partial charge >= 0.3 is 0 Å². The van der Waals surface area contributed by atoms with E-state index in [9.17, 15) is 30.8 Å². The molecule has 1 fully saturated rings. The van der Waals surface area contributed by atoms with Gasteiger partial charge in [-0.25, -0.2) is 26.0 Å². The van der Waals surface area contributed by atoms with Crippen LogP contribution in [0.3, 0.4) is 0 Å². The lowest BCUT2D eigenvalue weighted by atomic mass is 10.1. The van der Waals surface area contributed by atoms with Crippen LogP contribution < -0.4 is 5.32 Å². The number of sulfonamides is 1. The second-order valence-corrected chi connectivity index (χ2v) is 8.24. The quantitative estimate of drug-likeness (QED) is 0.616. The lowest BCUT2D eigenvalue weighted by Gasteiger charge is -2.31. The summed E-state index contributed by atoms with van der Waals surface area (Å²) in [6.45, 7) is -0.0652. The molecule has 28 heavy (non-hydrogen) atoms. The molecule has 5 nitrogen and oxygen atoms in total. The van der Waals surface area contributed by atoms with Gasteiger partial charge in [0.15, 0.2) is 17.5 Å². The van der Waals surface area contributed by atoms with Gasteiger partial charge in [-0.2, -0.15) is 4.31 Å². The Morgan fingerprint density at radius 1 is 0.929 bits per heavy atom. The van der Waals surface area contributed by atoms with Gasteiger partial charge in [0, 0.05) is 24.7 Å². The van der Waals surface area contributed by atoms with E-state index in [4.69, 9.17) is 0 Å². The standard InChI is InChI=1S/C18H16F4N2O3S/c19-12-3-1-11(2-4-12)18(25)23-13-7-9-24(10-8-13)28(26,27)15-6-5-14(20)16(21)17(15)22/h1-6,13H,7-10H2,(H,23,25). The Kier molecular flexibility index (Phi) is 5.71. The van der Waals surface area contributed by atoms with Crippen molar-refractivity contribution >= 4 is 15.9 Å². The molecule has 1 N–H and O–H groups in total.